The summed E-state index contributed by atoms with van der Waals surface area (Å²) in [5.41, 5.74) is 4.37. The first-order valence-corrected chi connectivity index (χ1v) is 9.77. The van der Waals surface area contributed by atoms with Crippen LogP contribution in [0.2, 0.25) is 0 Å². The van der Waals surface area contributed by atoms with Gasteiger partial charge in [-0.3, -0.25) is 9.59 Å². The Kier molecular flexibility index (Phi) is 5.39. The lowest BCUT2D eigenvalue weighted by atomic mass is 9.93. The van der Waals surface area contributed by atoms with E-state index in [1.54, 1.807) is 17.3 Å². The van der Waals surface area contributed by atoms with E-state index < -0.39 is 0 Å². The average molecular weight is 398 g/mol. The maximum Gasteiger partial charge on any atom is 0.226 e. The number of nitrogens with one attached hydrogen (secondary N) is 1. The van der Waals surface area contributed by atoms with Gasteiger partial charge in [0, 0.05) is 30.6 Å². The predicted octanol–water partition coefficient (Wildman–Crippen LogP) is 4.35. The van der Waals surface area contributed by atoms with Gasteiger partial charge >= 0.3 is 0 Å². The zero-order chi connectivity index (χ0) is 21.1. The zero-order valence-electron chi connectivity index (χ0n) is 16.9. The Morgan fingerprint density at radius 2 is 1.93 bits per heavy atom. The van der Waals surface area contributed by atoms with Gasteiger partial charge in [-0.2, -0.15) is 0 Å². The van der Waals surface area contributed by atoms with Crippen LogP contribution in [0, 0.1) is 6.92 Å². The number of aromatic nitrogens is 2. The third-order valence-electron chi connectivity index (χ3n) is 5.07. The standard InChI is InChI=1S/C24H22N4O2/c1-16-25-12-10-22(26-16)19-7-5-8-20(14-19)27-24(30)15-23-21-9-4-3-6-18(21)11-13-28(23)17(2)29/h3-14,23H,15H2,1-2H3,(H,27,30)/t23-/m0/s1. The van der Waals surface area contributed by atoms with E-state index in [-0.39, 0.29) is 24.3 Å². The third-order valence-corrected chi connectivity index (χ3v) is 5.07. The Labute approximate surface area is 175 Å². The Morgan fingerprint density at radius 1 is 1.10 bits per heavy atom. The van der Waals surface area contributed by atoms with E-state index in [1.165, 1.54) is 6.92 Å². The first kappa shape index (κ1) is 19.5. The number of carbonyl (C=O) groups is 2. The molecule has 0 unspecified atom stereocenters. The molecule has 1 aliphatic heterocycles. The second-order valence-corrected chi connectivity index (χ2v) is 7.21. The van der Waals surface area contributed by atoms with Crippen LogP contribution in [0.1, 0.15) is 36.3 Å². The Hall–Kier alpha value is -3.80. The van der Waals surface area contributed by atoms with Crippen LogP contribution < -0.4 is 5.32 Å². The van der Waals surface area contributed by atoms with Crippen molar-refractivity contribution in [2.45, 2.75) is 26.3 Å². The second kappa shape index (κ2) is 8.29. The zero-order valence-corrected chi connectivity index (χ0v) is 16.9. The summed E-state index contributed by atoms with van der Waals surface area (Å²) < 4.78 is 0. The monoisotopic (exact) mass is 398 g/mol. The van der Waals surface area contributed by atoms with Crippen LogP contribution >= 0.6 is 0 Å². The highest BCUT2D eigenvalue weighted by molar-refractivity contribution is 5.92. The molecule has 3 aromatic rings. The topological polar surface area (TPSA) is 75.2 Å². The molecule has 0 fully saturated rings. The van der Waals surface area contributed by atoms with Gasteiger partial charge in [0.25, 0.3) is 0 Å². The molecule has 1 N–H and O–H groups in total. The number of aryl methyl sites for hydroxylation is 1. The summed E-state index contributed by atoms with van der Waals surface area (Å²) in [6.07, 6.45) is 5.53. The number of carbonyl (C=O) groups excluding carboxylic acids is 2. The van der Waals surface area contributed by atoms with Crippen molar-refractivity contribution in [1.29, 1.82) is 0 Å². The molecule has 1 aromatic heterocycles. The van der Waals surface area contributed by atoms with Crippen molar-refractivity contribution in [3.05, 3.63) is 83.9 Å². The van der Waals surface area contributed by atoms with Gasteiger partial charge in [-0.1, -0.05) is 36.4 Å². The minimum atomic E-state index is -0.337. The maximum atomic E-state index is 12.9. The molecule has 2 heterocycles. The molecule has 0 aliphatic carbocycles. The van der Waals surface area contributed by atoms with E-state index in [9.17, 15) is 9.59 Å². The summed E-state index contributed by atoms with van der Waals surface area (Å²) in [5.74, 6) is 0.433. The van der Waals surface area contributed by atoms with Gasteiger partial charge in [0.15, 0.2) is 0 Å². The molecule has 0 saturated carbocycles. The van der Waals surface area contributed by atoms with Gasteiger partial charge in [0.1, 0.15) is 5.82 Å². The average Bonchev–Trinajstić information content (AvgIpc) is 2.74. The lowest BCUT2D eigenvalue weighted by molar-refractivity contribution is -0.129. The van der Waals surface area contributed by atoms with Gasteiger partial charge in [0.05, 0.1) is 18.2 Å². The van der Waals surface area contributed by atoms with E-state index in [0.29, 0.717) is 11.5 Å². The molecular formula is C24H22N4O2. The molecule has 1 atom stereocenters. The van der Waals surface area contributed by atoms with Gasteiger partial charge in [-0.25, -0.2) is 9.97 Å². The van der Waals surface area contributed by atoms with E-state index in [2.05, 4.69) is 15.3 Å². The van der Waals surface area contributed by atoms with Crippen LogP contribution in [0.5, 0.6) is 0 Å². The minimum absolute atomic E-state index is 0.0975. The van der Waals surface area contributed by atoms with Crippen molar-refractivity contribution in [1.82, 2.24) is 14.9 Å². The number of benzene rings is 2. The van der Waals surface area contributed by atoms with Gasteiger partial charge < -0.3 is 10.2 Å². The van der Waals surface area contributed by atoms with Crippen molar-refractivity contribution < 1.29 is 9.59 Å². The Balaban J connectivity index is 1.54. The molecule has 1 aliphatic rings. The van der Waals surface area contributed by atoms with Crippen LogP contribution in [-0.2, 0) is 9.59 Å². The molecule has 0 spiro atoms. The van der Waals surface area contributed by atoms with E-state index >= 15 is 0 Å². The van der Waals surface area contributed by atoms with Crippen molar-refractivity contribution in [2.75, 3.05) is 5.32 Å². The number of nitrogens with zero attached hydrogens (tertiary/aromatic N) is 3. The molecule has 4 rings (SSSR count). The molecule has 2 aromatic carbocycles. The smallest absolute Gasteiger partial charge is 0.226 e. The van der Waals surface area contributed by atoms with Gasteiger partial charge in [-0.15, -0.1) is 0 Å². The van der Waals surface area contributed by atoms with Crippen molar-refractivity contribution in [3.8, 4) is 11.3 Å². The molecule has 6 heteroatoms. The molecule has 6 nitrogen and oxygen atoms in total. The van der Waals surface area contributed by atoms with Gasteiger partial charge in [0.2, 0.25) is 11.8 Å². The summed E-state index contributed by atoms with van der Waals surface area (Å²) in [7, 11) is 0. The second-order valence-electron chi connectivity index (χ2n) is 7.21. The molecular weight excluding hydrogens is 376 g/mol. The molecule has 0 bridgehead atoms. The van der Waals surface area contributed by atoms with Crippen LogP contribution in [0.3, 0.4) is 0 Å². The molecule has 0 saturated heterocycles. The number of hydrogen-bond acceptors (Lipinski definition) is 4. The number of anilines is 1. The molecule has 150 valence electrons. The first-order valence-electron chi connectivity index (χ1n) is 9.77. The van der Waals surface area contributed by atoms with Crippen molar-refractivity contribution in [2.24, 2.45) is 0 Å². The Morgan fingerprint density at radius 3 is 2.73 bits per heavy atom. The summed E-state index contributed by atoms with van der Waals surface area (Å²) in [6, 6.07) is 16.9. The van der Waals surface area contributed by atoms with Crippen LogP contribution in [0.25, 0.3) is 17.3 Å². The fraction of sp³-hybridized carbons (Fsp3) is 0.167. The largest absolute Gasteiger partial charge is 0.326 e. The van der Waals surface area contributed by atoms with Gasteiger partial charge in [-0.05, 0) is 42.3 Å². The number of hydrogen-bond donors (Lipinski definition) is 1. The normalized spacial score (nSPS) is 14.9. The highest BCUT2D eigenvalue weighted by Crippen LogP contribution is 2.33. The molecule has 2 amide bonds. The highest BCUT2D eigenvalue weighted by atomic mass is 16.2. The Bertz CT molecular complexity index is 1140. The highest BCUT2D eigenvalue weighted by Gasteiger charge is 2.28. The summed E-state index contributed by atoms with van der Waals surface area (Å²) in [4.78, 5) is 35.2. The minimum Gasteiger partial charge on any atom is -0.326 e. The first-order chi connectivity index (χ1) is 14.5. The van der Waals surface area contributed by atoms with E-state index in [1.807, 2.05) is 67.6 Å². The third kappa shape index (κ3) is 4.12. The summed E-state index contributed by atoms with van der Waals surface area (Å²) >= 11 is 0. The van der Waals surface area contributed by atoms with Crippen molar-refractivity contribution >= 4 is 23.6 Å². The van der Waals surface area contributed by atoms with E-state index in [0.717, 1.165) is 22.4 Å². The molecule has 30 heavy (non-hydrogen) atoms. The molecule has 0 radical (unpaired) electrons. The number of amides is 2. The van der Waals surface area contributed by atoms with Crippen LogP contribution in [0.15, 0.2) is 67.0 Å². The van der Waals surface area contributed by atoms with E-state index in [4.69, 9.17) is 0 Å². The summed E-state index contributed by atoms with van der Waals surface area (Å²) in [5, 5.41) is 2.96. The van der Waals surface area contributed by atoms with Crippen LogP contribution in [-0.4, -0.2) is 26.7 Å². The quantitative estimate of drug-likeness (QED) is 0.709. The lowest BCUT2D eigenvalue weighted by Gasteiger charge is -2.32. The lowest BCUT2D eigenvalue weighted by Crippen LogP contribution is -2.33. The summed E-state index contributed by atoms with van der Waals surface area (Å²) in [6.45, 7) is 3.35. The number of rotatable bonds is 4. The predicted molar refractivity (Wildman–Crippen MR) is 116 cm³/mol. The fourth-order valence-electron chi connectivity index (χ4n) is 3.67. The number of fused-ring (bicyclic) bond motifs is 1. The SMILES string of the molecule is CC(=O)N1C=Cc2ccccc2[C@@H]1CC(=O)Nc1cccc(-c2ccnc(C)n2)c1. The van der Waals surface area contributed by atoms with Crippen LogP contribution in [0.4, 0.5) is 5.69 Å². The van der Waals surface area contributed by atoms with Crippen molar-refractivity contribution in [3.63, 3.8) is 0 Å². The maximum absolute atomic E-state index is 12.9. The fourth-order valence-corrected chi connectivity index (χ4v) is 3.67.